The number of rotatable bonds is 2. The molecule has 5 N–H and O–H groups in total. The molecule has 0 saturated carbocycles. The minimum absolute atomic E-state index is 0.0377. The molecule has 1 rings (SSSR count). The number of guanidine groups is 2. The van der Waals surface area contributed by atoms with E-state index in [0.717, 1.165) is 10.0 Å². The zero-order chi connectivity index (χ0) is 12.1. The van der Waals surface area contributed by atoms with Crippen molar-refractivity contribution >= 4 is 27.8 Å². The first-order valence-electron chi connectivity index (χ1n) is 4.63. The minimum Gasteiger partial charge on any atom is -0.370 e. The van der Waals surface area contributed by atoms with Gasteiger partial charge in [-0.3, -0.25) is 5.41 Å². The predicted molar refractivity (Wildman–Crippen MR) is 69.1 cm³/mol. The van der Waals surface area contributed by atoms with Crippen molar-refractivity contribution in [2.75, 3.05) is 7.05 Å². The number of aliphatic imine (C=N–C) groups is 1. The van der Waals surface area contributed by atoms with Gasteiger partial charge in [-0.15, -0.1) is 0 Å². The zero-order valence-corrected chi connectivity index (χ0v) is 10.5. The first-order valence-corrected chi connectivity index (χ1v) is 5.42. The number of hydrogen-bond donors (Lipinski definition) is 3. The Labute approximate surface area is 103 Å². The van der Waals surface area contributed by atoms with Gasteiger partial charge in [0.15, 0.2) is 5.96 Å². The maximum Gasteiger partial charge on any atom is 0.221 e. The van der Waals surface area contributed by atoms with Crippen LogP contribution in [0.2, 0.25) is 0 Å². The van der Waals surface area contributed by atoms with Gasteiger partial charge in [-0.2, -0.15) is 4.99 Å². The van der Waals surface area contributed by atoms with E-state index in [9.17, 15) is 0 Å². The molecule has 0 spiro atoms. The van der Waals surface area contributed by atoms with Crippen molar-refractivity contribution in [1.82, 2.24) is 4.90 Å². The molecule has 0 saturated heterocycles. The average Bonchev–Trinajstić information content (AvgIpc) is 2.20. The minimum atomic E-state index is -0.107. The number of nitrogens with one attached hydrogen (secondary N) is 1. The van der Waals surface area contributed by atoms with E-state index in [1.807, 2.05) is 24.3 Å². The lowest BCUT2D eigenvalue weighted by atomic mass is 10.2. The van der Waals surface area contributed by atoms with Crippen molar-refractivity contribution in [3.63, 3.8) is 0 Å². The summed E-state index contributed by atoms with van der Waals surface area (Å²) in [5.74, 6) is -0.0697. The smallest absolute Gasteiger partial charge is 0.221 e. The Bertz CT molecular complexity index is 411. The number of hydrogen-bond acceptors (Lipinski definition) is 1. The van der Waals surface area contributed by atoms with E-state index >= 15 is 0 Å². The van der Waals surface area contributed by atoms with E-state index in [1.54, 1.807) is 11.9 Å². The van der Waals surface area contributed by atoms with Crippen LogP contribution in [0.1, 0.15) is 5.56 Å². The molecule has 1 aromatic rings. The predicted octanol–water partition coefficient (Wildman–Crippen LogP) is 1.09. The summed E-state index contributed by atoms with van der Waals surface area (Å²) in [6.07, 6.45) is 0. The van der Waals surface area contributed by atoms with Gasteiger partial charge >= 0.3 is 0 Å². The van der Waals surface area contributed by atoms with Crippen LogP contribution in [-0.4, -0.2) is 23.9 Å². The Balaban J connectivity index is 2.72. The normalized spacial score (nSPS) is 9.62. The van der Waals surface area contributed by atoms with Gasteiger partial charge in [0.1, 0.15) is 0 Å². The summed E-state index contributed by atoms with van der Waals surface area (Å²) in [6.45, 7) is 0.567. The largest absolute Gasteiger partial charge is 0.370 e. The van der Waals surface area contributed by atoms with Gasteiger partial charge < -0.3 is 16.4 Å². The fourth-order valence-electron chi connectivity index (χ4n) is 1.16. The van der Waals surface area contributed by atoms with Crippen LogP contribution in [0.15, 0.2) is 33.7 Å². The Hall–Kier alpha value is -1.56. The van der Waals surface area contributed by atoms with Crippen molar-refractivity contribution in [3.8, 4) is 0 Å². The molecule has 0 heterocycles. The highest BCUT2D eigenvalue weighted by Gasteiger charge is 2.06. The van der Waals surface area contributed by atoms with Gasteiger partial charge in [-0.1, -0.05) is 34.1 Å². The summed E-state index contributed by atoms with van der Waals surface area (Å²) < 4.78 is 0.999. The highest BCUT2D eigenvalue weighted by molar-refractivity contribution is 9.10. The van der Waals surface area contributed by atoms with Gasteiger partial charge in [0.25, 0.3) is 0 Å². The topological polar surface area (TPSA) is 91.5 Å². The summed E-state index contributed by atoms with van der Waals surface area (Å²) in [6, 6.07) is 7.81. The third-order valence-electron chi connectivity index (χ3n) is 1.96. The van der Waals surface area contributed by atoms with Crippen LogP contribution in [0.3, 0.4) is 0 Å². The lowest BCUT2D eigenvalue weighted by Gasteiger charge is -2.17. The van der Waals surface area contributed by atoms with Crippen molar-refractivity contribution in [3.05, 3.63) is 34.3 Å². The molecular formula is C10H14BrN5. The summed E-state index contributed by atoms with van der Waals surface area (Å²) in [5.41, 5.74) is 11.5. The van der Waals surface area contributed by atoms with E-state index in [-0.39, 0.29) is 11.9 Å². The molecule has 0 amide bonds. The zero-order valence-electron chi connectivity index (χ0n) is 8.94. The number of nitrogens with zero attached hydrogens (tertiary/aromatic N) is 2. The van der Waals surface area contributed by atoms with Crippen molar-refractivity contribution < 1.29 is 0 Å². The van der Waals surface area contributed by atoms with Crippen molar-refractivity contribution in [2.24, 2.45) is 16.5 Å². The summed E-state index contributed by atoms with van der Waals surface area (Å²) >= 11 is 3.44. The van der Waals surface area contributed by atoms with Crippen LogP contribution < -0.4 is 11.5 Å². The fourth-order valence-corrected chi connectivity index (χ4v) is 1.57. The maximum atomic E-state index is 7.61. The van der Waals surface area contributed by atoms with Crippen LogP contribution in [0.4, 0.5) is 0 Å². The Morgan fingerprint density at radius 1 is 1.44 bits per heavy atom. The molecule has 0 atom stereocenters. The van der Waals surface area contributed by atoms with Gasteiger partial charge in [-0.25, -0.2) is 0 Å². The molecule has 0 aliphatic carbocycles. The third kappa shape index (κ3) is 3.54. The summed E-state index contributed by atoms with van der Waals surface area (Å²) in [4.78, 5) is 5.32. The van der Waals surface area contributed by atoms with Crippen molar-refractivity contribution in [1.29, 1.82) is 5.41 Å². The van der Waals surface area contributed by atoms with Crippen LogP contribution in [-0.2, 0) is 6.54 Å². The maximum absolute atomic E-state index is 7.61. The lowest BCUT2D eigenvalue weighted by Crippen LogP contribution is -2.30. The van der Waals surface area contributed by atoms with E-state index in [1.165, 1.54) is 0 Å². The molecule has 0 aromatic heterocycles. The number of nitrogens with two attached hydrogens (primary N) is 2. The molecule has 0 bridgehead atoms. The van der Waals surface area contributed by atoms with Gasteiger partial charge in [0.05, 0.1) is 0 Å². The van der Waals surface area contributed by atoms with Crippen LogP contribution in [0.5, 0.6) is 0 Å². The molecule has 86 valence electrons. The molecule has 1 aromatic carbocycles. The Kier molecular flexibility index (Phi) is 4.30. The molecule has 16 heavy (non-hydrogen) atoms. The van der Waals surface area contributed by atoms with E-state index in [2.05, 4.69) is 20.9 Å². The van der Waals surface area contributed by atoms with E-state index < -0.39 is 0 Å². The van der Waals surface area contributed by atoms with Crippen LogP contribution in [0.25, 0.3) is 0 Å². The van der Waals surface area contributed by atoms with Crippen LogP contribution in [0, 0.1) is 5.41 Å². The second-order valence-corrected chi connectivity index (χ2v) is 4.16. The monoisotopic (exact) mass is 283 g/mol. The first kappa shape index (κ1) is 12.5. The second-order valence-electron chi connectivity index (χ2n) is 3.31. The quantitative estimate of drug-likeness (QED) is 0.560. The highest BCUT2D eigenvalue weighted by atomic mass is 79.9. The third-order valence-corrected chi connectivity index (χ3v) is 2.74. The second kappa shape index (κ2) is 5.50. The summed E-state index contributed by atoms with van der Waals surface area (Å²) in [5, 5.41) is 7.61. The van der Waals surface area contributed by atoms with Crippen molar-refractivity contribution in [2.45, 2.75) is 6.54 Å². The van der Waals surface area contributed by atoms with Gasteiger partial charge in [0.2, 0.25) is 5.96 Å². The average molecular weight is 284 g/mol. The summed E-state index contributed by atoms with van der Waals surface area (Å²) in [7, 11) is 1.76. The molecule has 0 unspecified atom stereocenters. The number of halogens is 1. The fraction of sp³-hybridized carbons (Fsp3) is 0.200. The van der Waals surface area contributed by atoms with E-state index in [0.29, 0.717) is 6.54 Å². The number of benzene rings is 1. The van der Waals surface area contributed by atoms with Crippen LogP contribution >= 0.6 is 15.9 Å². The Morgan fingerprint density at radius 3 is 2.62 bits per heavy atom. The molecule has 0 fully saturated rings. The van der Waals surface area contributed by atoms with Gasteiger partial charge in [0, 0.05) is 18.1 Å². The first-order chi connectivity index (χ1) is 7.50. The lowest BCUT2D eigenvalue weighted by molar-refractivity contribution is 0.490. The van der Waals surface area contributed by atoms with Gasteiger partial charge in [-0.05, 0) is 11.6 Å². The Morgan fingerprint density at radius 2 is 2.06 bits per heavy atom. The van der Waals surface area contributed by atoms with E-state index in [4.69, 9.17) is 16.9 Å². The molecule has 5 nitrogen and oxygen atoms in total. The highest BCUT2D eigenvalue weighted by Crippen LogP contribution is 2.17. The molecule has 6 heteroatoms. The standard InChI is InChI=1S/C10H14BrN5/c1-16(10(14)15-9(12)13)6-7-4-2-3-5-8(7)11/h2-5H,6H2,1H3,(H5,12,13,14,15). The molecule has 0 aliphatic rings. The SMILES string of the molecule is CN(Cc1ccccc1Br)C(=N)N=C(N)N. The molecule has 0 aliphatic heterocycles. The molecule has 0 radical (unpaired) electrons. The molecular weight excluding hydrogens is 270 g/mol.